The zero-order valence-corrected chi connectivity index (χ0v) is 16.2. The van der Waals surface area contributed by atoms with Crippen LogP contribution in [0.25, 0.3) is 0 Å². The van der Waals surface area contributed by atoms with E-state index in [1.807, 2.05) is 13.1 Å². The molecule has 0 bridgehead atoms. The normalized spacial score (nSPS) is 20.2. The number of nitrogens with zero attached hydrogens (tertiary/aromatic N) is 4. The fraction of sp³-hybridized carbons (Fsp3) is 0.529. The van der Waals surface area contributed by atoms with Gasteiger partial charge in [0.2, 0.25) is 17.7 Å². The lowest BCUT2D eigenvalue weighted by molar-refractivity contribution is -0.114. The van der Waals surface area contributed by atoms with Crippen LogP contribution in [0.4, 0.5) is 5.13 Å². The maximum atomic E-state index is 11.1. The number of likely N-dealkylation sites (tertiary alicyclic amines) is 1. The van der Waals surface area contributed by atoms with Crippen molar-refractivity contribution in [2.75, 3.05) is 19.0 Å². The minimum Gasteiger partial charge on any atom is -0.481 e. The third kappa shape index (κ3) is 4.28. The molecule has 2 atom stereocenters. The van der Waals surface area contributed by atoms with Crippen molar-refractivity contribution in [2.45, 2.75) is 45.9 Å². The average Bonchev–Trinajstić information content (AvgIpc) is 3.16. The van der Waals surface area contributed by atoms with E-state index in [1.165, 1.54) is 24.6 Å². The van der Waals surface area contributed by atoms with Gasteiger partial charge in [0.1, 0.15) is 12.4 Å². The van der Waals surface area contributed by atoms with Crippen molar-refractivity contribution in [3.63, 3.8) is 0 Å². The van der Waals surface area contributed by atoms with Gasteiger partial charge in [0.25, 0.3) is 0 Å². The van der Waals surface area contributed by atoms with Crippen LogP contribution in [0.3, 0.4) is 0 Å². The number of anilines is 1. The second kappa shape index (κ2) is 7.96. The molecule has 0 aliphatic carbocycles. The van der Waals surface area contributed by atoms with Crippen LogP contribution in [0.15, 0.2) is 12.5 Å². The molecule has 9 heteroatoms. The van der Waals surface area contributed by atoms with Gasteiger partial charge in [-0.1, -0.05) is 0 Å². The molecule has 3 rings (SSSR count). The van der Waals surface area contributed by atoms with Gasteiger partial charge in [-0.2, -0.15) is 0 Å². The van der Waals surface area contributed by atoms with Crippen molar-refractivity contribution in [3.8, 4) is 11.8 Å². The van der Waals surface area contributed by atoms with E-state index in [-0.39, 0.29) is 12.0 Å². The van der Waals surface area contributed by atoms with Crippen LogP contribution < -0.4 is 14.8 Å². The molecular weight excluding hydrogens is 354 g/mol. The molecule has 0 aromatic carbocycles. The summed E-state index contributed by atoms with van der Waals surface area (Å²) < 4.78 is 11.3. The highest BCUT2D eigenvalue weighted by molar-refractivity contribution is 7.15. The number of rotatable bonds is 6. The fourth-order valence-corrected chi connectivity index (χ4v) is 3.93. The van der Waals surface area contributed by atoms with Crippen molar-refractivity contribution in [1.29, 1.82) is 0 Å². The Balaban J connectivity index is 1.61. The molecule has 26 heavy (non-hydrogen) atoms. The molecular formula is C17H23N5O3S. The zero-order valence-electron chi connectivity index (χ0n) is 15.4. The molecule has 1 aliphatic heterocycles. The Hall–Kier alpha value is -2.26. The quantitative estimate of drug-likeness (QED) is 0.826. The summed E-state index contributed by atoms with van der Waals surface area (Å²) in [5.41, 5.74) is 0.809. The first kappa shape index (κ1) is 18.5. The Kier molecular flexibility index (Phi) is 5.67. The molecule has 1 saturated heterocycles. The number of hydrogen-bond acceptors (Lipinski definition) is 8. The van der Waals surface area contributed by atoms with Gasteiger partial charge in [0.15, 0.2) is 5.13 Å². The average molecular weight is 377 g/mol. The zero-order chi connectivity index (χ0) is 18.7. The van der Waals surface area contributed by atoms with Crippen LogP contribution >= 0.6 is 11.3 Å². The molecule has 1 amide bonds. The summed E-state index contributed by atoms with van der Waals surface area (Å²) in [6.07, 6.45) is 4.25. The molecule has 0 saturated carbocycles. The number of methoxy groups -OCH3 is 1. The minimum atomic E-state index is -0.107. The molecule has 2 aromatic rings. The third-order valence-corrected chi connectivity index (χ3v) is 5.22. The molecule has 1 N–H and O–H groups in total. The largest absolute Gasteiger partial charge is 0.481 e. The Morgan fingerprint density at radius 1 is 1.38 bits per heavy atom. The SMILES string of the molecule is COc1ncnc(O[C@@H]2C[C@H](C)N(Cc3cnc(NC(C)=O)s3)C2)c1C. The van der Waals surface area contributed by atoms with Crippen molar-refractivity contribution >= 4 is 22.4 Å². The van der Waals surface area contributed by atoms with Crippen LogP contribution in [0.5, 0.6) is 11.8 Å². The lowest BCUT2D eigenvalue weighted by Crippen LogP contribution is -2.27. The molecule has 140 valence electrons. The van der Waals surface area contributed by atoms with E-state index in [2.05, 4.69) is 32.1 Å². The first-order chi connectivity index (χ1) is 12.5. The van der Waals surface area contributed by atoms with Gasteiger partial charge >= 0.3 is 0 Å². The van der Waals surface area contributed by atoms with Crippen LogP contribution in [0, 0.1) is 6.92 Å². The van der Waals surface area contributed by atoms with E-state index in [0.29, 0.717) is 22.9 Å². The standard InChI is InChI=1S/C17H23N5O3S/c1-10-5-13(25-16-11(2)15(24-4)19-9-20-16)7-22(10)8-14-6-18-17(26-14)21-12(3)23/h6,9-10,13H,5,7-8H2,1-4H3,(H,18,21,23)/t10-,13+/m0/s1. The number of carbonyl (C=O) groups excluding carboxylic acids is 1. The van der Waals surface area contributed by atoms with Crippen LogP contribution in [-0.4, -0.2) is 51.6 Å². The summed E-state index contributed by atoms with van der Waals surface area (Å²) in [4.78, 5) is 27.1. The smallest absolute Gasteiger partial charge is 0.223 e. The summed E-state index contributed by atoms with van der Waals surface area (Å²) in [5.74, 6) is 0.999. The topological polar surface area (TPSA) is 89.5 Å². The molecule has 0 radical (unpaired) electrons. The Morgan fingerprint density at radius 2 is 2.15 bits per heavy atom. The van der Waals surface area contributed by atoms with Crippen molar-refractivity contribution < 1.29 is 14.3 Å². The van der Waals surface area contributed by atoms with Crippen molar-refractivity contribution in [3.05, 3.63) is 23.0 Å². The van der Waals surface area contributed by atoms with Crippen molar-refractivity contribution in [1.82, 2.24) is 19.9 Å². The Bertz CT molecular complexity index is 782. The second-order valence-electron chi connectivity index (χ2n) is 6.38. The maximum absolute atomic E-state index is 11.1. The second-order valence-corrected chi connectivity index (χ2v) is 7.50. The van der Waals surface area contributed by atoms with Crippen LogP contribution in [0.2, 0.25) is 0 Å². The highest BCUT2D eigenvalue weighted by atomic mass is 32.1. The number of ether oxygens (including phenoxy) is 2. The fourth-order valence-electron chi connectivity index (χ4n) is 3.04. The molecule has 1 aliphatic rings. The van der Waals surface area contributed by atoms with E-state index < -0.39 is 0 Å². The van der Waals surface area contributed by atoms with Gasteiger partial charge < -0.3 is 14.8 Å². The van der Waals surface area contributed by atoms with E-state index in [0.717, 1.165) is 30.0 Å². The van der Waals surface area contributed by atoms with E-state index in [1.54, 1.807) is 7.11 Å². The molecule has 3 heterocycles. The minimum absolute atomic E-state index is 0.0612. The van der Waals surface area contributed by atoms with Gasteiger partial charge in [0, 0.05) is 43.5 Å². The lowest BCUT2D eigenvalue weighted by atomic mass is 10.2. The number of nitrogens with one attached hydrogen (secondary N) is 1. The maximum Gasteiger partial charge on any atom is 0.223 e. The third-order valence-electron chi connectivity index (χ3n) is 4.32. The number of aromatic nitrogens is 3. The highest BCUT2D eigenvalue weighted by Crippen LogP contribution is 2.29. The van der Waals surface area contributed by atoms with Crippen molar-refractivity contribution in [2.24, 2.45) is 0 Å². The summed E-state index contributed by atoms with van der Waals surface area (Å²) in [6.45, 7) is 7.15. The van der Waals surface area contributed by atoms with E-state index in [4.69, 9.17) is 9.47 Å². The van der Waals surface area contributed by atoms with Crippen LogP contribution in [-0.2, 0) is 11.3 Å². The molecule has 1 fully saturated rings. The van der Waals surface area contributed by atoms with Gasteiger partial charge in [0.05, 0.1) is 12.7 Å². The van der Waals surface area contributed by atoms with Gasteiger partial charge in [-0.15, -0.1) is 11.3 Å². The predicted molar refractivity (Wildman–Crippen MR) is 98.6 cm³/mol. The van der Waals surface area contributed by atoms with Gasteiger partial charge in [-0.3, -0.25) is 9.69 Å². The Morgan fingerprint density at radius 3 is 2.88 bits per heavy atom. The number of amides is 1. The summed E-state index contributed by atoms with van der Waals surface area (Å²) in [6, 6.07) is 0.385. The summed E-state index contributed by atoms with van der Waals surface area (Å²) >= 11 is 1.50. The Labute approximate surface area is 156 Å². The highest BCUT2D eigenvalue weighted by Gasteiger charge is 2.31. The number of hydrogen-bond donors (Lipinski definition) is 1. The van der Waals surface area contributed by atoms with Gasteiger partial charge in [-0.05, 0) is 13.8 Å². The number of carbonyl (C=O) groups is 1. The first-order valence-corrected chi connectivity index (χ1v) is 9.26. The van der Waals surface area contributed by atoms with E-state index >= 15 is 0 Å². The monoisotopic (exact) mass is 377 g/mol. The molecule has 8 nitrogen and oxygen atoms in total. The molecule has 2 aromatic heterocycles. The lowest BCUT2D eigenvalue weighted by Gasteiger charge is -2.19. The molecule has 0 spiro atoms. The van der Waals surface area contributed by atoms with Gasteiger partial charge in [-0.25, -0.2) is 15.0 Å². The van der Waals surface area contributed by atoms with Crippen LogP contribution in [0.1, 0.15) is 30.7 Å². The van der Waals surface area contributed by atoms with E-state index in [9.17, 15) is 4.79 Å². The predicted octanol–water partition coefficient (Wildman–Crippen LogP) is 2.25. The summed E-state index contributed by atoms with van der Waals surface area (Å²) in [7, 11) is 1.59. The summed E-state index contributed by atoms with van der Waals surface area (Å²) in [5, 5.41) is 3.35. The number of thiazole rings is 1. The molecule has 0 unspecified atom stereocenters. The first-order valence-electron chi connectivity index (χ1n) is 8.44.